The van der Waals surface area contributed by atoms with Gasteiger partial charge in [-0.3, -0.25) is 4.21 Å². The summed E-state index contributed by atoms with van der Waals surface area (Å²) >= 11 is 0. The molecule has 1 unspecified atom stereocenters. The largest absolute Gasteiger partial charge is 0.315 e. The number of nitrogens with one attached hydrogen (secondary N) is 2. The van der Waals surface area contributed by atoms with E-state index in [-0.39, 0.29) is 24.8 Å². The Hall–Kier alpha value is -0.650. The molecule has 1 atom stereocenters. The molecule has 0 bridgehead atoms. The van der Waals surface area contributed by atoms with Crippen molar-refractivity contribution >= 4 is 46.4 Å². The summed E-state index contributed by atoms with van der Waals surface area (Å²) in [6.07, 6.45) is 10.3. The van der Waals surface area contributed by atoms with Crippen LogP contribution in [0.2, 0.25) is 0 Å². The number of hydrogen-bond donors (Lipinski definition) is 2. The molecule has 29 heavy (non-hydrogen) atoms. The Kier molecular flexibility index (Phi) is 13.8. The highest BCUT2D eigenvalue weighted by Gasteiger charge is 2.11. The van der Waals surface area contributed by atoms with Crippen molar-refractivity contribution in [3.05, 3.63) is 42.5 Å². The topological polar surface area (TPSA) is 41.1 Å². The van der Waals surface area contributed by atoms with Crippen molar-refractivity contribution < 1.29 is 4.21 Å². The summed E-state index contributed by atoms with van der Waals surface area (Å²) in [6.45, 7) is 3.20. The maximum Gasteiger partial charge on any atom is 0.0529 e. The lowest BCUT2D eigenvalue weighted by molar-refractivity contribution is 0.372. The zero-order valence-electron chi connectivity index (χ0n) is 17.2. The maximum atomic E-state index is 12.5. The second-order valence-corrected chi connectivity index (χ2v) is 9.23. The van der Waals surface area contributed by atoms with Crippen LogP contribution in [0.15, 0.2) is 47.4 Å². The Balaban J connectivity index is 0.00000210. The summed E-state index contributed by atoms with van der Waals surface area (Å²) < 4.78 is 12.5. The van der Waals surface area contributed by atoms with Gasteiger partial charge in [-0.2, -0.15) is 0 Å². The van der Waals surface area contributed by atoms with Crippen LogP contribution in [0.3, 0.4) is 0 Å². The van der Waals surface area contributed by atoms with Gasteiger partial charge in [-0.15, -0.1) is 24.8 Å². The van der Waals surface area contributed by atoms with Gasteiger partial charge in [0.25, 0.3) is 0 Å². The molecule has 3 nitrogen and oxygen atoms in total. The molecule has 0 aliphatic heterocycles. The summed E-state index contributed by atoms with van der Waals surface area (Å²) in [6, 6.07) is 15.2. The van der Waals surface area contributed by atoms with E-state index in [4.69, 9.17) is 0 Å². The van der Waals surface area contributed by atoms with Gasteiger partial charge < -0.3 is 10.6 Å². The van der Waals surface area contributed by atoms with E-state index >= 15 is 0 Å². The van der Waals surface area contributed by atoms with Crippen molar-refractivity contribution in [1.82, 2.24) is 10.6 Å². The van der Waals surface area contributed by atoms with Crippen molar-refractivity contribution in [1.29, 1.82) is 0 Å². The molecule has 2 aromatic carbocycles. The molecular formula is C23H36Cl2N2OS. The molecule has 0 radical (unpaired) electrons. The lowest BCUT2D eigenvalue weighted by atomic mass is 9.95. The average Bonchev–Trinajstić information content (AvgIpc) is 2.72. The van der Waals surface area contributed by atoms with Crippen LogP contribution in [0.4, 0.5) is 0 Å². The van der Waals surface area contributed by atoms with E-state index < -0.39 is 10.8 Å². The van der Waals surface area contributed by atoms with Gasteiger partial charge in [-0.05, 0) is 55.1 Å². The first kappa shape index (κ1) is 26.4. The number of rotatable bonds is 11. The van der Waals surface area contributed by atoms with E-state index in [0.717, 1.165) is 49.2 Å². The van der Waals surface area contributed by atoms with E-state index in [9.17, 15) is 4.21 Å². The summed E-state index contributed by atoms with van der Waals surface area (Å²) in [4.78, 5) is 0.959. The Morgan fingerprint density at radius 3 is 2.38 bits per heavy atom. The van der Waals surface area contributed by atoms with Crippen molar-refractivity contribution in [2.24, 2.45) is 0 Å². The molecule has 0 amide bonds. The molecule has 0 heterocycles. The summed E-state index contributed by atoms with van der Waals surface area (Å²) in [5, 5.41) is 9.58. The highest BCUT2D eigenvalue weighted by molar-refractivity contribution is 7.85. The molecule has 1 fully saturated rings. The molecule has 164 valence electrons. The fourth-order valence-corrected chi connectivity index (χ4v) is 5.06. The van der Waals surface area contributed by atoms with Crippen molar-refractivity contribution in [2.45, 2.75) is 62.3 Å². The van der Waals surface area contributed by atoms with Crippen LogP contribution in [-0.4, -0.2) is 35.6 Å². The standard InChI is InChI=1S/C23H34N2OS.2ClH/c26-27(23-14-13-20-9-5-6-10-21(20)19-23)18-8-2-7-15-24-16-17-25-22-11-3-1-4-12-22;;/h5-6,9-10,13-14,19,22,24-25H,1-4,7-8,11-12,15-18H2;2*1H. The molecule has 1 aliphatic rings. The number of fused-ring (bicyclic) bond motifs is 1. The van der Waals surface area contributed by atoms with Crippen LogP contribution in [0, 0.1) is 0 Å². The highest BCUT2D eigenvalue weighted by Crippen LogP contribution is 2.19. The minimum absolute atomic E-state index is 0. The van der Waals surface area contributed by atoms with Crippen LogP contribution in [0.1, 0.15) is 51.4 Å². The van der Waals surface area contributed by atoms with Gasteiger partial charge >= 0.3 is 0 Å². The zero-order valence-corrected chi connectivity index (χ0v) is 19.7. The molecule has 0 aromatic heterocycles. The number of unbranched alkanes of at least 4 members (excludes halogenated alkanes) is 2. The van der Waals surface area contributed by atoms with Gasteiger partial charge in [0, 0.05) is 29.8 Å². The quantitative estimate of drug-likeness (QED) is 0.438. The Labute approximate surface area is 191 Å². The van der Waals surface area contributed by atoms with Gasteiger partial charge in [0.2, 0.25) is 0 Å². The normalized spacial score (nSPS) is 15.4. The third-order valence-corrected chi connectivity index (χ3v) is 6.95. The molecule has 1 saturated carbocycles. The first-order chi connectivity index (χ1) is 13.3. The van der Waals surface area contributed by atoms with Crippen LogP contribution in [-0.2, 0) is 10.8 Å². The fraction of sp³-hybridized carbons (Fsp3) is 0.565. The predicted molar refractivity (Wildman–Crippen MR) is 131 cm³/mol. The lowest BCUT2D eigenvalue weighted by Crippen LogP contribution is -2.36. The minimum Gasteiger partial charge on any atom is -0.315 e. The SMILES string of the molecule is Cl.Cl.O=S(CCCCCNCCNC1CCCCC1)c1ccc2ccccc2c1. The molecule has 6 heteroatoms. The molecule has 2 N–H and O–H groups in total. The average molecular weight is 460 g/mol. The Morgan fingerprint density at radius 1 is 0.828 bits per heavy atom. The monoisotopic (exact) mass is 458 g/mol. The predicted octanol–water partition coefficient (Wildman–Crippen LogP) is 5.47. The van der Waals surface area contributed by atoms with E-state index in [0.29, 0.717) is 0 Å². The van der Waals surface area contributed by atoms with Crippen molar-refractivity contribution in [2.75, 3.05) is 25.4 Å². The molecule has 0 spiro atoms. The molecule has 1 aliphatic carbocycles. The van der Waals surface area contributed by atoms with Gasteiger partial charge in [-0.1, -0.05) is 56.0 Å². The van der Waals surface area contributed by atoms with Crippen LogP contribution in [0.25, 0.3) is 10.8 Å². The smallest absolute Gasteiger partial charge is 0.0529 e. The van der Waals surface area contributed by atoms with E-state index in [1.165, 1.54) is 49.3 Å². The van der Waals surface area contributed by atoms with Crippen LogP contribution >= 0.6 is 24.8 Å². The summed E-state index contributed by atoms with van der Waals surface area (Å²) in [5.74, 6) is 0.765. The van der Waals surface area contributed by atoms with E-state index in [1.54, 1.807) is 0 Å². The van der Waals surface area contributed by atoms with Crippen LogP contribution in [0.5, 0.6) is 0 Å². The third-order valence-electron chi connectivity index (χ3n) is 5.51. The van der Waals surface area contributed by atoms with Gasteiger partial charge in [0.15, 0.2) is 0 Å². The maximum absolute atomic E-state index is 12.5. The first-order valence-corrected chi connectivity index (χ1v) is 12.0. The zero-order chi connectivity index (χ0) is 18.7. The van der Waals surface area contributed by atoms with Gasteiger partial charge in [0.1, 0.15) is 0 Å². The Morgan fingerprint density at radius 2 is 1.59 bits per heavy atom. The second-order valence-electron chi connectivity index (χ2n) is 7.66. The molecular weight excluding hydrogens is 423 g/mol. The van der Waals surface area contributed by atoms with E-state index in [2.05, 4.69) is 34.9 Å². The van der Waals surface area contributed by atoms with Crippen molar-refractivity contribution in [3.63, 3.8) is 0 Å². The highest BCUT2D eigenvalue weighted by atomic mass is 35.5. The minimum atomic E-state index is -0.883. The van der Waals surface area contributed by atoms with Crippen molar-refractivity contribution in [3.8, 4) is 0 Å². The second kappa shape index (κ2) is 15.2. The summed E-state index contributed by atoms with van der Waals surface area (Å²) in [5.41, 5.74) is 0. The third kappa shape index (κ3) is 9.35. The fourth-order valence-electron chi connectivity index (χ4n) is 3.88. The molecule has 2 aromatic rings. The first-order valence-electron chi connectivity index (χ1n) is 10.6. The van der Waals surface area contributed by atoms with E-state index in [1.807, 2.05) is 18.2 Å². The molecule has 0 saturated heterocycles. The van der Waals surface area contributed by atoms with Gasteiger partial charge in [0.05, 0.1) is 10.8 Å². The summed E-state index contributed by atoms with van der Waals surface area (Å²) in [7, 11) is -0.883. The van der Waals surface area contributed by atoms with Crippen LogP contribution < -0.4 is 10.6 Å². The molecule has 3 rings (SSSR count). The lowest BCUT2D eigenvalue weighted by Gasteiger charge is -2.22. The van der Waals surface area contributed by atoms with Gasteiger partial charge in [-0.25, -0.2) is 0 Å². The Bertz CT molecular complexity index is 723. The number of halogens is 2. The number of hydrogen-bond acceptors (Lipinski definition) is 3. The number of benzene rings is 2.